The number of ether oxygens (including phenoxy) is 4. The van der Waals surface area contributed by atoms with Crippen LogP contribution in [0.2, 0.25) is 0 Å². The third-order valence-electron chi connectivity index (χ3n) is 9.36. The number of piperidine rings is 1. The molecule has 5 rings (SSSR count). The van der Waals surface area contributed by atoms with Gasteiger partial charge >= 0.3 is 6.09 Å². The lowest BCUT2D eigenvalue weighted by molar-refractivity contribution is -0.133. The summed E-state index contributed by atoms with van der Waals surface area (Å²) in [5.41, 5.74) is -0.891. The molecule has 0 unspecified atom stereocenters. The first-order valence-corrected chi connectivity index (χ1v) is 17.0. The van der Waals surface area contributed by atoms with Gasteiger partial charge in [-0.3, -0.25) is 14.4 Å². The van der Waals surface area contributed by atoms with E-state index in [0.29, 0.717) is 69.2 Å². The fourth-order valence-corrected chi connectivity index (χ4v) is 6.63. The van der Waals surface area contributed by atoms with Crippen molar-refractivity contribution in [2.45, 2.75) is 103 Å². The van der Waals surface area contributed by atoms with Gasteiger partial charge in [0.05, 0.1) is 17.5 Å². The van der Waals surface area contributed by atoms with Crippen LogP contribution >= 0.6 is 0 Å². The minimum Gasteiger partial charge on any atom is -0.476 e. The van der Waals surface area contributed by atoms with Crippen molar-refractivity contribution in [3.63, 3.8) is 0 Å². The van der Waals surface area contributed by atoms with E-state index in [0.717, 1.165) is 12.8 Å². The number of fused-ring (bicyclic) bond motifs is 1. The van der Waals surface area contributed by atoms with Gasteiger partial charge in [0.2, 0.25) is 11.8 Å². The molecule has 4 amide bonds. The van der Waals surface area contributed by atoms with Crippen LogP contribution in [0.5, 0.6) is 5.75 Å². The number of anilines is 2. The maximum atomic E-state index is 14.6. The van der Waals surface area contributed by atoms with Crippen LogP contribution in [0.1, 0.15) is 80.1 Å². The third-order valence-corrected chi connectivity index (χ3v) is 9.36. The monoisotopic (exact) mass is 656 g/mol. The highest BCUT2D eigenvalue weighted by Gasteiger charge is 2.46. The van der Waals surface area contributed by atoms with Crippen molar-refractivity contribution < 1.29 is 38.1 Å². The maximum Gasteiger partial charge on any atom is 0.410 e. The molecule has 0 radical (unpaired) electrons. The van der Waals surface area contributed by atoms with Gasteiger partial charge in [0, 0.05) is 63.8 Å². The van der Waals surface area contributed by atoms with Crippen LogP contribution in [-0.2, 0) is 28.6 Å². The Bertz CT molecular complexity index is 1350. The summed E-state index contributed by atoms with van der Waals surface area (Å²) in [5.74, 6) is -1.11. The number of likely N-dealkylation sites (tertiary alicyclic amines) is 1. The molecule has 0 aromatic heterocycles. The number of carbonyl (C=O) groups excluding carboxylic acids is 4. The lowest BCUT2D eigenvalue weighted by atomic mass is 9.85. The quantitative estimate of drug-likeness (QED) is 0.391. The Kier molecular flexibility index (Phi) is 10.1. The Morgan fingerprint density at radius 2 is 1.74 bits per heavy atom. The van der Waals surface area contributed by atoms with E-state index in [-0.39, 0.29) is 36.9 Å². The lowest BCUT2D eigenvalue weighted by Crippen LogP contribution is -2.57. The summed E-state index contributed by atoms with van der Waals surface area (Å²) < 4.78 is 22.6. The molecule has 3 aliphatic heterocycles. The van der Waals surface area contributed by atoms with Gasteiger partial charge in [-0.2, -0.15) is 0 Å². The second-order valence-corrected chi connectivity index (χ2v) is 15.2. The summed E-state index contributed by atoms with van der Waals surface area (Å²) in [5, 5.41) is 3.22. The number of hydrogen-bond acceptors (Lipinski definition) is 8. The molecule has 1 aliphatic carbocycles. The number of amides is 4. The fraction of sp³-hybridized carbons (Fsp3) is 0.714. The molecule has 12 heteroatoms. The van der Waals surface area contributed by atoms with Crippen molar-refractivity contribution in [2.75, 3.05) is 56.4 Å². The van der Waals surface area contributed by atoms with E-state index in [1.54, 1.807) is 51.5 Å². The number of hydrogen-bond donors (Lipinski definition) is 1. The summed E-state index contributed by atoms with van der Waals surface area (Å²) in [7, 11) is 1.63. The van der Waals surface area contributed by atoms with Crippen LogP contribution in [0.25, 0.3) is 0 Å². The molecule has 1 saturated carbocycles. The third kappa shape index (κ3) is 8.20. The predicted molar refractivity (Wildman–Crippen MR) is 177 cm³/mol. The zero-order valence-corrected chi connectivity index (χ0v) is 29.1. The fourth-order valence-electron chi connectivity index (χ4n) is 6.63. The van der Waals surface area contributed by atoms with E-state index in [1.165, 1.54) is 4.90 Å². The minimum atomic E-state index is -1.03. The van der Waals surface area contributed by atoms with Crippen LogP contribution in [0.4, 0.5) is 16.2 Å². The van der Waals surface area contributed by atoms with Gasteiger partial charge in [0.25, 0.3) is 5.91 Å². The van der Waals surface area contributed by atoms with Crippen LogP contribution in [0.3, 0.4) is 0 Å². The normalized spacial score (nSPS) is 23.8. The van der Waals surface area contributed by atoms with Crippen molar-refractivity contribution in [1.82, 2.24) is 10.2 Å². The molecule has 3 fully saturated rings. The molecular weight excluding hydrogens is 604 g/mol. The van der Waals surface area contributed by atoms with Crippen LogP contribution < -0.4 is 19.9 Å². The standard InChI is InChI=1S/C35H52N4O8/c1-33(2,3)47-32(43)37-21-23(29(40)36-35(6)13-17-45-18-14-35)19-24(22-37)30(41)39(25-9-10-25)26-11-12-28-27(20-26)38(15-8-16-44-7)31(42)34(4,5)46-28/h11-12,20,23-25H,8-10,13-19,21-22H2,1-7H3,(H,36,40)/t23-,24+/m0/s1. The Morgan fingerprint density at radius 1 is 1.06 bits per heavy atom. The van der Waals surface area contributed by atoms with Gasteiger partial charge in [0.15, 0.2) is 5.60 Å². The molecule has 12 nitrogen and oxygen atoms in total. The molecule has 0 bridgehead atoms. The van der Waals surface area contributed by atoms with Gasteiger partial charge < -0.3 is 39.0 Å². The number of rotatable bonds is 9. The van der Waals surface area contributed by atoms with Gasteiger partial charge in [-0.05, 0) is 98.3 Å². The molecular formula is C35H52N4O8. The molecule has 260 valence electrons. The molecule has 1 N–H and O–H groups in total. The number of nitrogens with zero attached hydrogens (tertiary/aromatic N) is 3. The van der Waals surface area contributed by atoms with Crippen molar-refractivity contribution in [1.29, 1.82) is 0 Å². The summed E-state index contributed by atoms with van der Waals surface area (Å²) in [6.45, 7) is 13.3. The van der Waals surface area contributed by atoms with Gasteiger partial charge in [-0.25, -0.2) is 4.79 Å². The maximum absolute atomic E-state index is 14.6. The van der Waals surface area contributed by atoms with E-state index in [9.17, 15) is 19.2 Å². The smallest absolute Gasteiger partial charge is 0.410 e. The molecule has 2 saturated heterocycles. The van der Waals surface area contributed by atoms with Crippen molar-refractivity contribution in [2.24, 2.45) is 11.8 Å². The Morgan fingerprint density at radius 3 is 2.38 bits per heavy atom. The van der Waals surface area contributed by atoms with Gasteiger partial charge in [0.1, 0.15) is 11.4 Å². The van der Waals surface area contributed by atoms with Gasteiger partial charge in [-0.1, -0.05) is 0 Å². The zero-order chi connectivity index (χ0) is 34.1. The van der Waals surface area contributed by atoms with Crippen LogP contribution in [0.15, 0.2) is 18.2 Å². The van der Waals surface area contributed by atoms with E-state index in [1.807, 2.05) is 25.1 Å². The highest BCUT2D eigenvalue weighted by molar-refractivity contribution is 6.04. The van der Waals surface area contributed by atoms with Crippen molar-refractivity contribution in [3.8, 4) is 5.75 Å². The Labute approximate surface area is 278 Å². The number of benzene rings is 1. The molecule has 0 spiro atoms. The zero-order valence-electron chi connectivity index (χ0n) is 29.1. The summed E-state index contributed by atoms with van der Waals surface area (Å²) >= 11 is 0. The lowest BCUT2D eigenvalue weighted by Gasteiger charge is -2.41. The van der Waals surface area contributed by atoms with Gasteiger partial charge in [-0.15, -0.1) is 0 Å². The Hall–Kier alpha value is -3.38. The van der Waals surface area contributed by atoms with E-state index < -0.39 is 34.7 Å². The average molecular weight is 657 g/mol. The first-order chi connectivity index (χ1) is 22.1. The van der Waals surface area contributed by atoms with E-state index >= 15 is 0 Å². The minimum absolute atomic E-state index is 0.00975. The number of methoxy groups -OCH3 is 1. The second-order valence-electron chi connectivity index (χ2n) is 15.2. The first kappa shape index (κ1) is 34.9. The molecule has 3 heterocycles. The van der Waals surface area contributed by atoms with Crippen molar-refractivity contribution in [3.05, 3.63) is 18.2 Å². The largest absolute Gasteiger partial charge is 0.476 e. The van der Waals surface area contributed by atoms with E-state index in [2.05, 4.69) is 5.32 Å². The van der Waals surface area contributed by atoms with E-state index in [4.69, 9.17) is 18.9 Å². The molecule has 1 aromatic rings. The topological polar surface area (TPSA) is 127 Å². The number of carbonyl (C=O) groups is 4. The summed E-state index contributed by atoms with van der Waals surface area (Å²) in [6.07, 6.45) is 3.49. The molecule has 2 atom stereocenters. The Balaban J connectivity index is 1.43. The first-order valence-electron chi connectivity index (χ1n) is 17.0. The van der Waals surface area contributed by atoms with Crippen molar-refractivity contribution >= 4 is 35.2 Å². The predicted octanol–water partition coefficient (Wildman–Crippen LogP) is 4.28. The highest BCUT2D eigenvalue weighted by atomic mass is 16.6. The second kappa shape index (κ2) is 13.6. The molecule has 47 heavy (non-hydrogen) atoms. The SMILES string of the molecule is COCCCN1C(=O)C(C)(C)Oc2ccc(N(C(=O)[C@@H]3C[C@H](C(=O)NC4(C)CCOCC4)CN(C(=O)OC(C)(C)C)C3)C3CC3)cc21. The highest BCUT2D eigenvalue weighted by Crippen LogP contribution is 2.43. The number of nitrogens with one attached hydrogen (secondary N) is 1. The molecule has 4 aliphatic rings. The van der Waals surface area contributed by atoms with Crippen LogP contribution in [-0.4, -0.2) is 98.1 Å². The van der Waals surface area contributed by atoms with Crippen LogP contribution in [0, 0.1) is 11.8 Å². The summed E-state index contributed by atoms with van der Waals surface area (Å²) in [4.78, 5) is 60.1. The average Bonchev–Trinajstić information content (AvgIpc) is 3.83. The summed E-state index contributed by atoms with van der Waals surface area (Å²) in [6, 6.07) is 5.53. The molecule has 1 aromatic carbocycles.